The number of carbonyl (C=O) groups is 4. The molecule has 0 heterocycles. The Hall–Kier alpha value is -4.28. The van der Waals surface area contributed by atoms with Crippen LogP contribution in [0, 0.1) is 11.8 Å². The molecule has 3 atom stereocenters. The molecule has 0 fully saturated rings. The van der Waals surface area contributed by atoms with Crippen molar-refractivity contribution in [3.8, 4) is 0 Å². The first-order chi connectivity index (χ1) is 20.9. The number of allylic oxidation sites excluding steroid dienone is 2. The quantitative estimate of drug-likeness (QED) is 0.114. The fourth-order valence-electron chi connectivity index (χ4n) is 4.14. The second kappa shape index (κ2) is 20.6. The van der Waals surface area contributed by atoms with Crippen LogP contribution in [0.1, 0.15) is 30.4 Å². The molecule has 3 N–H and O–H groups in total. The SMILES string of the molecule is C=CC[C@H](CC(=O)NCCOCCO)C(=O)N[C@H](COC(=O)[C@H](CC=C)Cc1ccccc1)C(=O)OCc1ccccc1. The minimum atomic E-state index is -1.30. The number of aliphatic hydroxyl groups excluding tert-OH is 1. The lowest BCUT2D eigenvalue weighted by molar-refractivity contribution is -0.157. The minimum Gasteiger partial charge on any atom is -0.463 e. The Morgan fingerprint density at radius 2 is 1.44 bits per heavy atom. The van der Waals surface area contributed by atoms with Gasteiger partial charge < -0.3 is 30.0 Å². The predicted molar refractivity (Wildman–Crippen MR) is 161 cm³/mol. The summed E-state index contributed by atoms with van der Waals surface area (Å²) in [5.41, 5.74) is 1.69. The van der Waals surface area contributed by atoms with Gasteiger partial charge in [-0.3, -0.25) is 14.4 Å². The zero-order chi connectivity index (χ0) is 31.3. The molecular weight excluding hydrogens is 552 g/mol. The third-order valence-electron chi connectivity index (χ3n) is 6.38. The molecule has 2 aromatic rings. The molecule has 10 nitrogen and oxygen atoms in total. The van der Waals surface area contributed by atoms with Gasteiger partial charge in [-0.2, -0.15) is 0 Å². The van der Waals surface area contributed by atoms with Gasteiger partial charge in [0.05, 0.1) is 31.7 Å². The number of amides is 2. The maximum atomic E-state index is 13.2. The van der Waals surface area contributed by atoms with E-state index < -0.39 is 48.2 Å². The third kappa shape index (κ3) is 14.0. The molecule has 10 heteroatoms. The molecule has 0 radical (unpaired) electrons. The monoisotopic (exact) mass is 594 g/mol. The van der Waals surface area contributed by atoms with Gasteiger partial charge in [0.1, 0.15) is 13.2 Å². The summed E-state index contributed by atoms with van der Waals surface area (Å²) in [5, 5.41) is 14.0. The van der Waals surface area contributed by atoms with Gasteiger partial charge >= 0.3 is 11.9 Å². The van der Waals surface area contributed by atoms with E-state index in [4.69, 9.17) is 19.3 Å². The predicted octanol–water partition coefficient (Wildman–Crippen LogP) is 2.90. The van der Waals surface area contributed by atoms with Gasteiger partial charge in [0, 0.05) is 13.0 Å². The Morgan fingerprint density at radius 1 is 0.814 bits per heavy atom. The lowest BCUT2D eigenvalue weighted by atomic mass is 9.96. The number of ether oxygens (including phenoxy) is 3. The Morgan fingerprint density at radius 3 is 2.07 bits per heavy atom. The van der Waals surface area contributed by atoms with Gasteiger partial charge in [0.25, 0.3) is 0 Å². The molecule has 2 aromatic carbocycles. The Kier molecular flexibility index (Phi) is 16.7. The van der Waals surface area contributed by atoms with Crippen molar-refractivity contribution < 1.29 is 38.5 Å². The highest BCUT2D eigenvalue weighted by atomic mass is 16.6. The summed E-state index contributed by atoms with van der Waals surface area (Å²) in [6.07, 6.45) is 3.93. The molecule has 2 rings (SSSR count). The first-order valence-electron chi connectivity index (χ1n) is 14.3. The van der Waals surface area contributed by atoms with Gasteiger partial charge in [-0.25, -0.2) is 4.79 Å². The molecule has 43 heavy (non-hydrogen) atoms. The van der Waals surface area contributed by atoms with E-state index in [-0.39, 0.29) is 45.8 Å². The van der Waals surface area contributed by atoms with E-state index in [2.05, 4.69) is 23.8 Å². The van der Waals surface area contributed by atoms with Crippen LogP contribution in [0.4, 0.5) is 0 Å². The number of nitrogens with one attached hydrogen (secondary N) is 2. The lowest BCUT2D eigenvalue weighted by Gasteiger charge is -2.22. The number of aliphatic hydroxyl groups is 1. The van der Waals surface area contributed by atoms with E-state index in [1.54, 1.807) is 30.3 Å². The van der Waals surface area contributed by atoms with Crippen molar-refractivity contribution in [3.63, 3.8) is 0 Å². The third-order valence-corrected chi connectivity index (χ3v) is 6.38. The molecule has 0 spiro atoms. The van der Waals surface area contributed by atoms with Gasteiger partial charge in [-0.15, -0.1) is 13.2 Å². The van der Waals surface area contributed by atoms with Crippen LogP contribution >= 0.6 is 0 Å². The van der Waals surface area contributed by atoms with Crippen LogP contribution in [0.3, 0.4) is 0 Å². The maximum absolute atomic E-state index is 13.2. The molecule has 0 saturated carbocycles. The Labute approximate surface area is 253 Å². The van der Waals surface area contributed by atoms with Gasteiger partial charge in [0.15, 0.2) is 6.04 Å². The molecule has 0 unspecified atom stereocenters. The van der Waals surface area contributed by atoms with Crippen LogP contribution in [-0.4, -0.2) is 67.9 Å². The molecule has 0 aromatic heterocycles. The van der Waals surface area contributed by atoms with Crippen molar-refractivity contribution in [1.82, 2.24) is 10.6 Å². The van der Waals surface area contributed by atoms with E-state index in [1.807, 2.05) is 36.4 Å². The topological polar surface area (TPSA) is 140 Å². The standard InChI is InChI=1S/C33H42N2O8/c1-3-11-27(22-30(37)34-17-19-41-20-18-36)31(38)35-29(33(40)42-23-26-15-9-6-10-16-26)24-43-32(39)28(12-4-2)21-25-13-7-5-8-14-25/h3-10,13-16,27-29,36H,1-2,11-12,17-24H2,(H,34,37)(H,35,38)/t27-,28-,29-/m1/s1. The average Bonchev–Trinajstić information content (AvgIpc) is 3.02. The second-order valence-electron chi connectivity index (χ2n) is 9.81. The minimum absolute atomic E-state index is 0.0378. The first kappa shape index (κ1) is 34.9. The summed E-state index contributed by atoms with van der Waals surface area (Å²) in [6, 6.07) is 17.2. The van der Waals surface area contributed by atoms with Gasteiger partial charge in [0.2, 0.25) is 11.8 Å². The number of hydrogen-bond acceptors (Lipinski definition) is 8. The number of esters is 2. The maximum Gasteiger partial charge on any atom is 0.332 e. The second-order valence-corrected chi connectivity index (χ2v) is 9.81. The van der Waals surface area contributed by atoms with Crippen LogP contribution < -0.4 is 10.6 Å². The number of carbonyl (C=O) groups excluding carboxylic acids is 4. The van der Waals surface area contributed by atoms with Crippen LogP contribution in [0.25, 0.3) is 0 Å². The summed E-state index contributed by atoms with van der Waals surface area (Å²) in [7, 11) is 0. The summed E-state index contributed by atoms with van der Waals surface area (Å²) < 4.78 is 16.1. The van der Waals surface area contributed by atoms with Crippen molar-refractivity contribution in [2.75, 3.05) is 33.0 Å². The van der Waals surface area contributed by atoms with E-state index in [9.17, 15) is 19.2 Å². The summed E-state index contributed by atoms with van der Waals surface area (Å²) in [5.74, 6) is -3.66. The summed E-state index contributed by atoms with van der Waals surface area (Å²) in [6.45, 7) is 7.37. The van der Waals surface area contributed by atoms with Crippen LogP contribution in [0.5, 0.6) is 0 Å². The molecule has 232 valence electrons. The van der Waals surface area contributed by atoms with Gasteiger partial charge in [-0.1, -0.05) is 72.8 Å². The fraction of sp³-hybridized carbons (Fsp3) is 0.394. The van der Waals surface area contributed by atoms with E-state index in [1.165, 1.54) is 6.08 Å². The lowest BCUT2D eigenvalue weighted by Crippen LogP contribution is -2.48. The highest BCUT2D eigenvalue weighted by molar-refractivity contribution is 5.89. The Balaban J connectivity index is 2.08. The zero-order valence-electron chi connectivity index (χ0n) is 24.5. The van der Waals surface area contributed by atoms with Crippen LogP contribution in [0.15, 0.2) is 86.0 Å². The van der Waals surface area contributed by atoms with E-state index in [0.29, 0.717) is 12.8 Å². The molecule has 2 amide bonds. The summed E-state index contributed by atoms with van der Waals surface area (Å²) >= 11 is 0. The first-order valence-corrected chi connectivity index (χ1v) is 14.3. The number of benzene rings is 2. The fourth-order valence-corrected chi connectivity index (χ4v) is 4.14. The van der Waals surface area contributed by atoms with Crippen molar-refractivity contribution in [2.24, 2.45) is 11.8 Å². The Bertz CT molecular complexity index is 1160. The zero-order valence-corrected chi connectivity index (χ0v) is 24.5. The van der Waals surface area contributed by atoms with Crippen molar-refractivity contribution in [2.45, 2.75) is 38.3 Å². The number of rotatable bonds is 21. The molecule has 0 aliphatic heterocycles. The van der Waals surface area contributed by atoms with Crippen molar-refractivity contribution >= 4 is 23.8 Å². The molecule has 0 bridgehead atoms. The smallest absolute Gasteiger partial charge is 0.332 e. The average molecular weight is 595 g/mol. The number of hydrogen-bond donors (Lipinski definition) is 3. The van der Waals surface area contributed by atoms with Gasteiger partial charge in [-0.05, 0) is 30.4 Å². The normalized spacial score (nSPS) is 12.7. The molecule has 0 aliphatic rings. The van der Waals surface area contributed by atoms with Crippen molar-refractivity contribution in [1.29, 1.82) is 0 Å². The van der Waals surface area contributed by atoms with E-state index >= 15 is 0 Å². The van der Waals surface area contributed by atoms with Crippen LogP contribution in [-0.2, 0) is 46.4 Å². The molecule has 0 aliphatic carbocycles. The van der Waals surface area contributed by atoms with Crippen molar-refractivity contribution in [3.05, 3.63) is 97.1 Å². The van der Waals surface area contributed by atoms with Crippen LogP contribution in [0.2, 0.25) is 0 Å². The summed E-state index contributed by atoms with van der Waals surface area (Å²) in [4.78, 5) is 51.8. The molecular formula is C33H42N2O8. The highest BCUT2D eigenvalue weighted by Crippen LogP contribution is 2.16. The largest absolute Gasteiger partial charge is 0.463 e. The highest BCUT2D eigenvalue weighted by Gasteiger charge is 2.30. The van der Waals surface area contributed by atoms with E-state index in [0.717, 1.165) is 11.1 Å². The molecule has 0 saturated heterocycles.